The number of nitro benzene ring substituents is 1. The molecule has 144 valence electrons. The van der Waals surface area contributed by atoms with E-state index >= 15 is 0 Å². The van der Waals surface area contributed by atoms with Crippen molar-refractivity contribution in [3.63, 3.8) is 0 Å². The van der Waals surface area contributed by atoms with Crippen LogP contribution in [0.4, 0.5) is 17.3 Å². The van der Waals surface area contributed by atoms with Crippen LogP contribution in [0.1, 0.15) is 16.1 Å². The maximum absolute atomic E-state index is 11.8. The van der Waals surface area contributed by atoms with Crippen LogP contribution < -0.4 is 10.1 Å². The zero-order valence-electron chi connectivity index (χ0n) is 15.2. The van der Waals surface area contributed by atoms with Crippen molar-refractivity contribution in [3.05, 3.63) is 58.0 Å². The number of benzene rings is 1. The number of anilines is 2. The molecule has 3 rings (SSSR count). The lowest BCUT2D eigenvalue weighted by atomic mass is 10.2. The number of aryl methyl sites for hydroxylation is 1. The minimum Gasteiger partial charge on any atom is -0.495 e. The van der Waals surface area contributed by atoms with Gasteiger partial charge in [-0.1, -0.05) is 0 Å². The molecular weight excluding hydrogens is 368 g/mol. The standard InChI is InChI=1S/C17H16N6O5/c1-10-12(16(24)28-3)9-22(21-10)15-6-7-18-17(20-15)19-13-8-11(23(25)26)4-5-14(13)27-2/h4-9H,1-3H3,(H,18,19,20). The van der Waals surface area contributed by atoms with Crippen molar-refractivity contribution >= 4 is 23.3 Å². The Morgan fingerprint density at radius 2 is 2.07 bits per heavy atom. The van der Waals surface area contributed by atoms with Crippen molar-refractivity contribution < 1.29 is 19.2 Å². The van der Waals surface area contributed by atoms with Crippen LogP contribution in [0.15, 0.2) is 36.7 Å². The van der Waals surface area contributed by atoms with Crippen LogP contribution >= 0.6 is 0 Å². The minimum atomic E-state index is -0.511. The van der Waals surface area contributed by atoms with Crippen LogP contribution in [0.25, 0.3) is 5.82 Å². The highest BCUT2D eigenvalue weighted by Crippen LogP contribution is 2.30. The second-order valence-corrected chi connectivity index (χ2v) is 5.57. The molecule has 1 N–H and O–H groups in total. The van der Waals surface area contributed by atoms with E-state index in [2.05, 4.69) is 20.4 Å². The highest BCUT2D eigenvalue weighted by atomic mass is 16.6. The van der Waals surface area contributed by atoms with Gasteiger partial charge in [0, 0.05) is 30.6 Å². The summed E-state index contributed by atoms with van der Waals surface area (Å²) in [5.74, 6) is 0.448. The number of carbonyl (C=O) groups excluding carboxylic acids is 1. The molecule has 11 nitrogen and oxygen atoms in total. The fourth-order valence-electron chi connectivity index (χ4n) is 2.45. The third kappa shape index (κ3) is 3.72. The third-order valence-corrected chi connectivity index (χ3v) is 3.82. The Labute approximate surface area is 159 Å². The number of nitro groups is 1. The summed E-state index contributed by atoms with van der Waals surface area (Å²) in [6, 6.07) is 5.73. The highest BCUT2D eigenvalue weighted by Gasteiger charge is 2.16. The van der Waals surface area contributed by atoms with Gasteiger partial charge in [-0.15, -0.1) is 0 Å². The SMILES string of the molecule is COC(=O)c1cn(-c2ccnc(Nc3cc([N+](=O)[O-])ccc3OC)n2)nc1C. The molecule has 0 fully saturated rings. The van der Waals surface area contributed by atoms with Crippen LogP contribution in [0, 0.1) is 17.0 Å². The number of methoxy groups -OCH3 is 2. The van der Waals surface area contributed by atoms with Gasteiger partial charge in [-0.25, -0.2) is 14.5 Å². The van der Waals surface area contributed by atoms with E-state index in [-0.39, 0.29) is 11.6 Å². The molecule has 1 aromatic carbocycles. The summed E-state index contributed by atoms with van der Waals surface area (Å²) < 4.78 is 11.3. The molecule has 2 heterocycles. The molecule has 2 aromatic heterocycles. The average molecular weight is 384 g/mol. The first-order valence-electron chi connectivity index (χ1n) is 8.00. The quantitative estimate of drug-likeness (QED) is 0.386. The van der Waals surface area contributed by atoms with E-state index in [9.17, 15) is 14.9 Å². The normalized spacial score (nSPS) is 10.4. The molecule has 0 saturated heterocycles. The second-order valence-electron chi connectivity index (χ2n) is 5.57. The Kier molecular flexibility index (Phi) is 5.16. The molecule has 28 heavy (non-hydrogen) atoms. The first-order valence-corrected chi connectivity index (χ1v) is 8.00. The molecule has 0 unspecified atom stereocenters. The number of esters is 1. The minimum absolute atomic E-state index is 0.107. The molecule has 0 spiro atoms. The summed E-state index contributed by atoms with van der Waals surface area (Å²) in [4.78, 5) is 30.7. The van der Waals surface area contributed by atoms with E-state index < -0.39 is 10.9 Å². The number of aromatic nitrogens is 4. The fraction of sp³-hybridized carbons (Fsp3) is 0.176. The van der Waals surface area contributed by atoms with E-state index in [1.165, 1.54) is 49.5 Å². The topological polar surface area (TPSA) is 134 Å². The van der Waals surface area contributed by atoms with Crippen LogP contribution in [-0.4, -0.2) is 44.9 Å². The molecule has 3 aromatic rings. The smallest absolute Gasteiger partial charge is 0.341 e. The van der Waals surface area contributed by atoms with Crippen LogP contribution in [0.2, 0.25) is 0 Å². The fourth-order valence-corrected chi connectivity index (χ4v) is 2.45. The van der Waals surface area contributed by atoms with Crippen molar-refractivity contribution in [3.8, 4) is 11.6 Å². The summed E-state index contributed by atoms with van der Waals surface area (Å²) in [5.41, 5.74) is 1.03. The average Bonchev–Trinajstić information content (AvgIpc) is 3.09. The van der Waals surface area contributed by atoms with Gasteiger partial charge in [-0.2, -0.15) is 10.1 Å². The molecule has 0 radical (unpaired) electrons. The summed E-state index contributed by atoms with van der Waals surface area (Å²) in [6.45, 7) is 1.68. The van der Waals surface area contributed by atoms with E-state index in [1.807, 2.05) is 0 Å². The predicted octanol–water partition coefficient (Wildman–Crippen LogP) is 2.42. The van der Waals surface area contributed by atoms with Crippen LogP contribution in [0.5, 0.6) is 5.75 Å². The molecule has 0 aliphatic heterocycles. The van der Waals surface area contributed by atoms with Crippen molar-refractivity contribution in [1.82, 2.24) is 19.7 Å². The zero-order valence-corrected chi connectivity index (χ0v) is 15.2. The maximum Gasteiger partial charge on any atom is 0.341 e. The zero-order chi connectivity index (χ0) is 20.3. The Balaban J connectivity index is 1.94. The van der Waals surface area contributed by atoms with Crippen molar-refractivity contribution in [2.24, 2.45) is 0 Å². The van der Waals surface area contributed by atoms with Crippen molar-refractivity contribution in [2.45, 2.75) is 6.92 Å². The van der Waals surface area contributed by atoms with Gasteiger partial charge in [0.2, 0.25) is 5.95 Å². The molecule has 0 amide bonds. The van der Waals surface area contributed by atoms with E-state index in [1.54, 1.807) is 13.0 Å². The summed E-state index contributed by atoms with van der Waals surface area (Å²) in [5, 5.41) is 18.2. The van der Waals surface area contributed by atoms with E-state index in [4.69, 9.17) is 9.47 Å². The number of ether oxygens (including phenoxy) is 2. The van der Waals surface area contributed by atoms with Gasteiger partial charge >= 0.3 is 5.97 Å². The monoisotopic (exact) mass is 384 g/mol. The molecule has 0 aliphatic carbocycles. The largest absolute Gasteiger partial charge is 0.495 e. The van der Waals surface area contributed by atoms with Gasteiger partial charge in [0.15, 0.2) is 5.82 Å². The Hall–Kier alpha value is -4.02. The molecular formula is C17H16N6O5. The first kappa shape index (κ1) is 18.8. The number of rotatable bonds is 6. The third-order valence-electron chi connectivity index (χ3n) is 3.82. The van der Waals surface area contributed by atoms with Gasteiger partial charge in [0.25, 0.3) is 5.69 Å². The number of nitrogens with one attached hydrogen (secondary N) is 1. The van der Waals surface area contributed by atoms with Crippen molar-refractivity contribution in [1.29, 1.82) is 0 Å². The lowest BCUT2D eigenvalue weighted by Crippen LogP contribution is -2.04. The van der Waals surface area contributed by atoms with Gasteiger partial charge < -0.3 is 14.8 Å². The lowest BCUT2D eigenvalue weighted by molar-refractivity contribution is -0.384. The lowest BCUT2D eigenvalue weighted by Gasteiger charge is -2.10. The number of carbonyl (C=O) groups is 1. The Morgan fingerprint density at radius 3 is 2.75 bits per heavy atom. The van der Waals surface area contributed by atoms with Gasteiger partial charge in [-0.05, 0) is 13.0 Å². The predicted molar refractivity (Wildman–Crippen MR) is 98.2 cm³/mol. The summed E-state index contributed by atoms with van der Waals surface area (Å²) in [7, 11) is 2.74. The van der Waals surface area contributed by atoms with Gasteiger partial charge in [0.1, 0.15) is 11.3 Å². The Morgan fingerprint density at radius 1 is 1.29 bits per heavy atom. The van der Waals surface area contributed by atoms with E-state index in [0.717, 1.165) is 0 Å². The summed E-state index contributed by atoms with van der Waals surface area (Å²) in [6.07, 6.45) is 2.99. The number of hydrogen-bond donors (Lipinski definition) is 1. The van der Waals surface area contributed by atoms with Crippen molar-refractivity contribution in [2.75, 3.05) is 19.5 Å². The van der Waals surface area contributed by atoms with E-state index in [0.29, 0.717) is 28.5 Å². The molecule has 0 saturated carbocycles. The second kappa shape index (κ2) is 7.70. The molecule has 0 bridgehead atoms. The first-order chi connectivity index (χ1) is 13.4. The Bertz CT molecular complexity index is 1050. The molecule has 0 atom stereocenters. The number of nitrogens with zero attached hydrogens (tertiary/aromatic N) is 5. The molecule has 11 heteroatoms. The van der Waals surface area contributed by atoms with Gasteiger partial charge in [-0.3, -0.25) is 10.1 Å². The number of hydrogen-bond acceptors (Lipinski definition) is 9. The van der Waals surface area contributed by atoms with Crippen LogP contribution in [-0.2, 0) is 4.74 Å². The maximum atomic E-state index is 11.8. The van der Waals surface area contributed by atoms with Gasteiger partial charge in [0.05, 0.1) is 30.5 Å². The summed E-state index contributed by atoms with van der Waals surface area (Å²) >= 11 is 0. The number of non-ortho nitro benzene ring substituents is 1. The highest BCUT2D eigenvalue weighted by molar-refractivity contribution is 5.90. The van der Waals surface area contributed by atoms with Crippen LogP contribution in [0.3, 0.4) is 0 Å². The molecule has 0 aliphatic rings.